The molecule has 0 aliphatic rings. The van der Waals surface area contributed by atoms with Gasteiger partial charge in [0, 0.05) is 26.0 Å². The van der Waals surface area contributed by atoms with Gasteiger partial charge in [-0.2, -0.15) is 0 Å². The first-order chi connectivity index (χ1) is 13.6. The summed E-state index contributed by atoms with van der Waals surface area (Å²) in [5.74, 6) is -0.306. The van der Waals surface area contributed by atoms with Crippen LogP contribution in [-0.2, 0) is 13.1 Å². The van der Waals surface area contributed by atoms with Gasteiger partial charge in [-0.1, -0.05) is 36.4 Å². The van der Waals surface area contributed by atoms with Crippen molar-refractivity contribution in [3.8, 4) is 0 Å². The summed E-state index contributed by atoms with van der Waals surface area (Å²) in [6, 6.07) is 13.8. The summed E-state index contributed by atoms with van der Waals surface area (Å²) in [6.45, 7) is 3.06. The Labute approximate surface area is 163 Å². The molecule has 2 N–H and O–H groups in total. The Bertz CT molecular complexity index is 937. The van der Waals surface area contributed by atoms with E-state index in [1.165, 1.54) is 11.6 Å². The van der Waals surface area contributed by atoms with Crippen LogP contribution in [0.5, 0.6) is 0 Å². The van der Waals surface area contributed by atoms with Crippen LogP contribution in [-0.4, -0.2) is 22.6 Å². The van der Waals surface area contributed by atoms with Gasteiger partial charge in [-0.05, 0) is 30.2 Å². The van der Waals surface area contributed by atoms with E-state index in [-0.39, 0.29) is 6.04 Å². The lowest BCUT2D eigenvalue weighted by molar-refractivity contribution is 0.504. The van der Waals surface area contributed by atoms with Crippen molar-refractivity contribution in [3.63, 3.8) is 0 Å². The average molecular weight is 383 g/mol. The van der Waals surface area contributed by atoms with Crippen LogP contribution >= 0.6 is 0 Å². The number of hydrogen-bond acceptors (Lipinski definition) is 2. The van der Waals surface area contributed by atoms with Crippen LogP contribution in [0, 0.1) is 11.6 Å². The van der Waals surface area contributed by atoms with Gasteiger partial charge in [0.2, 0.25) is 0 Å². The fourth-order valence-corrected chi connectivity index (χ4v) is 2.86. The van der Waals surface area contributed by atoms with Gasteiger partial charge < -0.3 is 15.2 Å². The van der Waals surface area contributed by atoms with Crippen molar-refractivity contribution in [2.24, 2.45) is 4.99 Å². The van der Waals surface area contributed by atoms with Crippen molar-refractivity contribution >= 4 is 5.96 Å². The Hall–Kier alpha value is -3.22. The zero-order valence-corrected chi connectivity index (χ0v) is 15.9. The van der Waals surface area contributed by atoms with Crippen LogP contribution in [0.2, 0.25) is 0 Å². The molecule has 7 heteroatoms. The molecule has 0 aliphatic heterocycles. The molecule has 0 amide bonds. The molecule has 0 bridgehead atoms. The predicted molar refractivity (Wildman–Crippen MR) is 106 cm³/mol. The molecule has 0 fully saturated rings. The number of nitrogens with zero attached hydrogens (tertiary/aromatic N) is 3. The van der Waals surface area contributed by atoms with E-state index >= 15 is 0 Å². The van der Waals surface area contributed by atoms with E-state index in [0.717, 1.165) is 18.4 Å². The maximum Gasteiger partial charge on any atom is 0.191 e. The highest BCUT2D eigenvalue weighted by Crippen LogP contribution is 2.15. The van der Waals surface area contributed by atoms with Gasteiger partial charge in [0.15, 0.2) is 17.6 Å². The van der Waals surface area contributed by atoms with Crippen LogP contribution in [0.15, 0.2) is 65.9 Å². The van der Waals surface area contributed by atoms with Gasteiger partial charge in [-0.15, -0.1) is 0 Å². The molecule has 28 heavy (non-hydrogen) atoms. The smallest absolute Gasteiger partial charge is 0.191 e. The van der Waals surface area contributed by atoms with Crippen molar-refractivity contribution < 1.29 is 8.78 Å². The second kappa shape index (κ2) is 9.12. The van der Waals surface area contributed by atoms with Crippen LogP contribution in [0.1, 0.15) is 29.9 Å². The molecule has 3 aromatic rings. The first kappa shape index (κ1) is 19.5. The molecule has 2 aromatic carbocycles. The standard InChI is InChI=1S/C21H23F2N5/c1-15(17-8-9-18(22)19(23)12-17)27-21(24-2)26-13-20-25-10-11-28(20)14-16-6-4-3-5-7-16/h3-12,15H,13-14H2,1-2H3,(H2,24,26,27). The summed E-state index contributed by atoms with van der Waals surface area (Å²) in [5.41, 5.74) is 1.82. The highest BCUT2D eigenvalue weighted by atomic mass is 19.2. The molecule has 0 saturated carbocycles. The lowest BCUT2D eigenvalue weighted by atomic mass is 10.1. The van der Waals surface area contributed by atoms with Gasteiger partial charge >= 0.3 is 0 Å². The topological polar surface area (TPSA) is 54.2 Å². The maximum absolute atomic E-state index is 13.5. The van der Waals surface area contributed by atoms with Gasteiger partial charge in [0.05, 0.1) is 12.6 Å². The van der Waals surface area contributed by atoms with E-state index in [1.54, 1.807) is 19.3 Å². The molecule has 1 heterocycles. The van der Waals surface area contributed by atoms with Crippen molar-refractivity contribution in [1.29, 1.82) is 0 Å². The van der Waals surface area contributed by atoms with E-state index in [1.807, 2.05) is 31.3 Å². The van der Waals surface area contributed by atoms with E-state index in [9.17, 15) is 8.78 Å². The molecule has 0 spiro atoms. The normalized spacial score (nSPS) is 12.6. The summed E-state index contributed by atoms with van der Waals surface area (Å²) < 4.78 is 28.6. The Balaban J connectivity index is 1.60. The van der Waals surface area contributed by atoms with E-state index < -0.39 is 11.6 Å². The Morgan fingerprint density at radius 2 is 1.93 bits per heavy atom. The molecular weight excluding hydrogens is 360 g/mol. The molecule has 0 radical (unpaired) electrons. The summed E-state index contributed by atoms with van der Waals surface area (Å²) in [4.78, 5) is 8.60. The second-order valence-corrected chi connectivity index (χ2v) is 6.42. The first-order valence-electron chi connectivity index (χ1n) is 9.03. The average Bonchev–Trinajstić information content (AvgIpc) is 3.14. The third-order valence-corrected chi connectivity index (χ3v) is 4.43. The van der Waals surface area contributed by atoms with Crippen molar-refractivity contribution in [2.45, 2.75) is 26.1 Å². The number of aliphatic imine (C=N–C) groups is 1. The minimum atomic E-state index is -0.864. The monoisotopic (exact) mass is 383 g/mol. The molecule has 3 rings (SSSR count). The van der Waals surface area contributed by atoms with Crippen molar-refractivity contribution in [3.05, 3.63) is 89.5 Å². The van der Waals surface area contributed by atoms with Crippen LogP contribution in [0.3, 0.4) is 0 Å². The minimum absolute atomic E-state index is 0.245. The van der Waals surface area contributed by atoms with Crippen LogP contribution in [0.25, 0.3) is 0 Å². The van der Waals surface area contributed by atoms with Gasteiger partial charge in [0.25, 0.3) is 0 Å². The van der Waals surface area contributed by atoms with Gasteiger partial charge in [0.1, 0.15) is 5.82 Å². The molecule has 1 unspecified atom stereocenters. The van der Waals surface area contributed by atoms with E-state index in [0.29, 0.717) is 18.1 Å². The van der Waals surface area contributed by atoms with Crippen molar-refractivity contribution in [1.82, 2.24) is 20.2 Å². The molecule has 1 atom stereocenters. The predicted octanol–water partition coefficient (Wildman–Crippen LogP) is 3.64. The highest BCUT2D eigenvalue weighted by molar-refractivity contribution is 5.80. The number of guanidine groups is 1. The number of rotatable bonds is 6. The van der Waals surface area contributed by atoms with Crippen molar-refractivity contribution in [2.75, 3.05) is 7.05 Å². The maximum atomic E-state index is 13.5. The fourth-order valence-electron chi connectivity index (χ4n) is 2.86. The van der Waals surface area contributed by atoms with E-state index in [2.05, 4.69) is 37.3 Å². The molecule has 5 nitrogen and oxygen atoms in total. The molecule has 1 aromatic heterocycles. The number of aromatic nitrogens is 2. The molecule has 0 saturated heterocycles. The Morgan fingerprint density at radius 1 is 1.14 bits per heavy atom. The largest absolute Gasteiger partial charge is 0.350 e. The van der Waals surface area contributed by atoms with Gasteiger partial charge in [-0.3, -0.25) is 4.99 Å². The number of imidazole rings is 1. The third kappa shape index (κ3) is 4.94. The third-order valence-electron chi connectivity index (χ3n) is 4.43. The quantitative estimate of drug-likeness (QED) is 0.505. The highest BCUT2D eigenvalue weighted by Gasteiger charge is 2.12. The second-order valence-electron chi connectivity index (χ2n) is 6.42. The zero-order valence-electron chi connectivity index (χ0n) is 15.9. The number of hydrogen-bond donors (Lipinski definition) is 2. The molecular formula is C21H23F2N5. The summed E-state index contributed by atoms with van der Waals surface area (Å²) in [7, 11) is 1.66. The van der Waals surface area contributed by atoms with Gasteiger partial charge in [-0.25, -0.2) is 13.8 Å². The molecule has 146 valence electrons. The first-order valence-corrected chi connectivity index (χ1v) is 9.03. The van der Waals surface area contributed by atoms with Crippen LogP contribution < -0.4 is 10.6 Å². The SMILES string of the molecule is CN=C(NCc1nccn1Cc1ccccc1)NC(C)c1ccc(F)c(F)c1. The Morgan fingerprint density at radius 3 is 2.64 bits per heavy atom. The fraction of sp³-hybridized carbons (Fsp3) is 0.238. The van der Waals surface area contributed by atoms with E-state index in [4.69, 9.17) is 0 Å². The zero-order chi connectivity index (χ0) is 19.9. The lowest BCUT2D eigenvalue weighted by Crippen LogP contribution is -2.38. The summed E-state index contributed by atoms with van der Waals surface area (Å²) in [5, 5.41) is 6.39. The number of benzene rings is 2. The summed E-state index contributed by atoms with van der Waals surface area (Å²) in [6.07, 6.45) is 3.70. The Kier molecular flexibility index (Phi) is 6.37. The summed E-state index contributed by atoms with van der Waals surface area (Å²) >= 11 is 0. The number of halogens is 2. The lowest BCUT2D eigenvalue weighted by Gasteiger charge is -2.18. The minimum Gasteiger partial charge on any atom is -0.350 e. The van der Waals surface area contributed by atoms with Crippen LogP contribution in [0.4, 0.5) is 8.78 Å². The molecule has 0 aliphatic carbocycles. The number of nitrogens with one attached hydrogen (secondary N) is 2.